The second-order valence-electron chi connectivity index (χ2n) is 4.25. The highest BCUT2D eigenvalue weighted by Gasteiger charge is 2.25. The van der Waals surface area contributed by atoms with E-state index in [0.717, 1.165) is 4.47 Å². The lowest BCUT2D eigenvalue weighted by atomic mass is 10.1. The number of hydrogen-bond donors (Lipinski definition) is 2. The average molecular weight is 269 g/mol. The maximum Gasteiger partial charge on any atom is 0.0457 e. The predicted molar refractivity (Wildman–Crippen MR) is 66.8 cm³/mol. The fourth-order valence-electron chi connectivity index (χ4n) is 1.73. The Labute approximate surface area is 99.4 Å². The molecule has 0 aliphatic heterocycles. The molecule has 1 saturated carbocycles. The molecule has 1 unspecified atom stereocenters. The van der Waals surface area contributed by atoms with Crippen molar-refractivity contribution in [2.45, 2.75) is 31.8 Å². The van der Waals surface area contributed by atoms with E-state index in [4.69, 9.17) is 5.73 Å². The molecule has 1 atom stereocenters. The van der Waals surface area contributed by atoms with Gasteiger partial charge >= 0.3 is 0 Å². The summed E-state index contributed by atoms with van der Waals surface area (Å²) in [5.41, 5.74) is 8.35. The van der Waals surface area contributed by atoms with Gasteiger partial charge in [-0.25, -0.2) is 0 Å². The Morgan fingerprint density at radius 1 is 1.53 bits per heavy atom. The minimum absolute atomic E-state index is 0.285. The van der Waals surface area contributed by atoms with Crippen molar-refractivity contribution in [3.05, 3.63) is 33.8 Å². The summed E-state index contributed by atoms with van der Waals surface area (Å²) >= 11 is 3.60. The van der Waals surface area contributed by atoms with Gasteiger partial charge in [-0.2, -0.15) is 0 Å². The first-order valence-corrected chi connectivity index (χ1v) is 6.22. The maximum atomic E-state index is 5.80. The Kier molecular flexibility index (Phi) is 3.44. The number of nitrogens with one attached hydrogen (secondary N) is 1. The highest BCUT2D eigenvalue weighted by atomic mass is 79.9. The standard InChI is InChI=1S/C12H17BrN2/c1-8-2-5-10(11(13)6-8)12(7-14)15-9-3-4-9/h2,5-6,9,12,15H,3-4,7,14H2,1H3. The maximum absolute atomic E-state index is 5.80. The van der Waals surface area contributed by atoms with E-state index in [1.165, 1.54) is 24.0 Å². The van der Waals surface area contributed by atoms with E-state index in [9.17, 15) is 0 Å². The molecular weight excluding hydrogens is 252 g/mol. The van der Waals surface area contributed by atoms with Crippen molar-refractivity contribution in [3.8, 4) is 0 Å². The molecule has 0 aromatic heterocycles. The van der Waals surface area contributed by atoms with Crippen LogP contribution in [-0.4, -0.2) is 12.6 Å². The molecule has 1 aromatic rings. The van der Waals surface area contributed by atoms with Gasteiger partial charge in [-0.15, -0.1) is 0 Å². The second kappa shape index (κ2) is 4.64. The summed E-state index contributed by atoms with van der Waals surface area (Å²) < 4.78 is 1.16. The summed E-state index contributed by atoms with van der Waals surface area (Å²) in [5.74, 6) is 0. The molecule has 82 valence electrons. The Hall–Kier alpha value is -0.380. The first-order valence-electron chi connectivity index (χ1n) is 5.43. The molecule has 0 radical (unpaired) electrons. The average Bonchev–Trinajstić information content (AvgIpc) is 2.99. The normalized spacial score (nSPS) is 17.8. The smallest absolute Gasteiger partial charge is 0.0457 e. The molecule has 2 rings (SSSR count). The SMILES string of the molecule is Cc1ccc(C(CN)NC2CC2)c(Br)c1. The number of benzene rings is 1. The highest BCUT2D eigenvalue weighted by molar-refractivity contribution is 9.10. The molecule has 0 spiro atoms. The molecule has 1 aromatic carbocycles. The van der Waals surface area contributed by atoms with Gasteiger partial charge in [0, 0.05) is 23.1 Å². The van der Waals surface area contributed by atoms with E-state index in [1.54, 1.807) is 0 Å². The number of aryl methyl sites for hydroxylation is 1. The van der Waals surface area contributed by atoms with Crippen molar-refractivity contribution in [1.29, 1.82) is 0 Å². The first-order chi connectivity index (χ1) is 7.20. The number of halogens is 1. The molecule has 3 heteroatoms. The van der Waals surface area contributed by atoms with Gasteiger partial charge in [-0.1, -0.05) is 28.1 Å². The van der Waals surface area contributed by atoms with Crippen molar-refractivity contribution >= 4 is 15.9 Å². The predicted octanol–water partition coefficient (Wildman–Crippen LogP) is 2.51. The van der Waals surface area contributed by atoms with Crippen molar-refractivity contribution in [3.63, 3.8) is 0 Å². The summed E-state index contributed by atoms with van der Waals surface area (Å²) in [5, 5.41) is 3.56. The Morgan fingerprint density at radius 3 is 2.80 bits per heavy atom. The zero-order valence-corrected chi connectivity index (χ0v) is 10.5. The molecule has 15 heavy (non-hydrogen) atoms. The largest absolute Gasteiger partial charge is 0.329 e. The minimum atomic E-state index is 0.285. The van der Waals surface area contributed by atoms with Crippen LogP contribution in [0.15, 0.2) is 22.7 Å². The topological polar surface area (TPSA) is 38.0 Å². The van der Waals surface area contributed by atoms with E-state index < -0.39 is 0 Å². The van der Waals surface area contributed by atoms with Gasteiger partial charge < -0.3 is 11.1 Å². The van der Waals surface area contributed by atoms with Gasteiger partial charge in [0.1, 0.15) is 0 Å². The van der Waals surface area contributed by atoms with Gasteiger partial charge in [0.15, 0.2) is 0 Å². The summed E-state index contributed by atoms with van der Waals surface area (Å²) in [6, 6.07) is 7.41. The van der Waals surface area contributed by atoms with Crippen LogP contribution >= 0.6 is 15.9 Å². The fourth-order valence-corrected chi connectivity index (χ4v) is 2.50. The molecule has 0 heterocycles. The number of rotatable bonds is 4. The Bertz CT molecular complexity index is 347. The van der Waals surface area contributed by atoms with Gasteiger partial charge in [0.2, 0.25) is 0 Å². The van der Waals surface area contributed by atoms with Crippen LogP contribution in [0.25, 0.3) is 0 Å². The van der Waals surface area contributed by atoms with Crippen LogP contribution in [0.2, 0.25) is 0 Å². The van der Waals surface area contributed by atoms with E-state index in [-0.39, 0.29) is 6.04 Å². The Balaban J connectivity index is 2.16. The van der Waals surface area contributed by atoms with Gasteiger partial charge in [0.25, 0.3) is 0 Å². The lowest BCUT2D eigenvalue weighted by molar-refractivity contribution is 0.537. The van der Waals surface area contributed by atoms with E-state index in [2.05, 4.69) is 46.4 Å². The molecular formula is C12H17BrN2. The van der Waals surface area contributed by atoms with Gasteiger partial charge in [-0.3, -0.25) is 0 Å². The fraction of sp³-hybridized carbons (Fsp3) is 0.500. The van der Waals surface area contributed by atoms with Crippen LogP contribution in [0, 0.1) is 6.92 Å². The molecule has 0 amide bonds. The van der Waals surface area contributed by atoms with E-state index >= 15 is 0 Å². The third kappa shape index (κ3) is 2.80. The third-order valence-electron chi connectivity index (χ3n) is 2.78. The molecule has 0 bridgehead atoms. The zero-order chi connectivity index (χ0) is 10.8. The second-order valence-corrected chi connectivity index (χ2v) is 5.11. The summed E-state index contributed by atoms with van der Waals surface area (Å²) in [6.07, 6.45) is 2.58. The van der Waals surface area contributed by atoms with Crippen LogP contribution in [0.1, 0.15) is 30.0 Å². The summed E-state index contributed by atoms with van der Waals surface area (Å²) in [4.78, 5) is 0. The van der Waals surface area contributed by atoms with E-state index in [0.29, 0.717) is 12.6 Å². The molecule has 1 fully saturated rings. The number of hydrogen-bond acceptors (Lipinski definition) is 2. The van der Waals surface area contributed by atoms with Crippen molar-refractivity contribution in [2.24, 2.45) is 5.73 Å². The van der Waals surface area contributed by atoms with Crippen molar-refractivity contribution in [2.75, 3.05) is 6.54 Å². The summed E-state index contributed by atoms with van der Waals surface area (Å²) in [7, 11) is 0. The van der Waals surface area contributed by atoms with Crippen molar-refractivity contribution in [1.82, 2.24) is 5.32 Å². The van der Waals surface area contributed by atoms with E-state index in [1.807, 2.05) is 0 Å². The quantitative estimate of drug-likeness (QED) is 0.881. The zero-order valence-electron chi connectivity index (χ0n) is 8.96. The minimum Gasteiger partial charge on any atom is -0.329 e. The van der Waals surface area contributed by atoms with Crippen LogP contribution in [0.4, 0.5) is 0 Å². The van der Waals surface area contributed by atoms with Crippen LogP contribution in [-0.2, 0) is 0 Å². The summed E-state index contributed by atoms with van der Waals surface area (Å²) in [6.45, 7) is 2.75. The van der Waals surface area contributed by atoms with Crippen LogP contribution in [0.5, 0.6) is 0 Å². The molecule has 3 N–H and O–H groups in total. The first kappa shape index (κ1) is 11.1. The molecule has 1 aliphatic rings. The lowest BCUT2D eigenvalue weighted by Gasteiger charge is -2.18. The van der Waals surface area contributed by atoms with Gasteiger partial charge in [0.05, 0.1) is 0 Å². The van der Waals surface area contributed by atoms with Crippen molar-refractivity contribution < 1.29 is 0 Å². The lowest BCUT2D eigenvalue weighted by Crippen LogP contribution is -2.30. The Morgan fingerprint density at radius 2 is 2.27 bits per heavy atom. The molecule has 0 saturated heterocycles. The van der Waals surface area contributed by atoms with Crippen LogP contribution in [0.3, 0.4) is 0 Å². The highest BCUT2D eigenvalue weighted by Crippen LogP contribution is 2.28. The van der Waals surface area contributed by atoms with Crippen LogP contribution < -0.4 is 11.1 Å². The third-order valence-corrected chi connectivity index (χ3v) is 3.47. The monoisotopic (exact) mass is 268 g/mol. The molecule has 1 aliphatic carbocycles. The number of nitrogens with two attached hydrogens (primary N) is 1. The van der Waals surface area contributed by atoms with Gasteiger partial charge in [-0.05, 0) is 37.0 Å². The molecule has 2 nitrogen and oxygen atoms in total.